The fourth-order valence-electron chi connectivity index (χ4n) is 3.70. The number of carbonyl (C=O) groups is 1. The van der Waals surface area contributed by atoms with Crippen LogP contribution in [0.2, 0.25) is 0 Å². The van der Waals surface area contributed by atoms with Crippen LogP contribution in [0.5, 0.6) is 0 Å². The molecule has 0 aliphatic heterocycles. The van der Waals surface area contributed by atoms with Gasteiger partial charge in [-0.25, -0.2) is 4.79 Å². The first-order chi connectivity index (χ1) is 14.7. The van der Waals surface area contributed by atoms with Crippen LogP contribution >= 0.6 is 0 Å². The molecule has 2 heteroatoms. The maximum atomic E-state index is 11.2. The number of hydrogen-bond acceptors (Lipinski definition) is 2. The van der Waals surface area contributed by atoms with Crippen molar-refractivity contribution in [2.45, 2.75) is 142 Å². The highest BCUT2D eigenvalue weighted by Crippen LogP contribution is 2.15. The number of hydrogen-bond donors (Lipinski definition) is 0. The maximum Gasteiger partial charge on any atom is 0.333 e. The summed E-state index contributed by atoms with van der Waals surface area (Å²) in [6, 6.07) is 0. The zero-order valence-corrected chi connectivity index (χ0v) is 20.5. The number of unbranched alkanes of at least 4 members (excludes halogenated alkanes) is 12. The molecule has 1 fully saturated rings. The highest BCUT2D eigenvalue weighted by molar-refractivity contribution is 5.86. The number of carbonyl (C=O) groups excluding carboxylic acids is 1. The second-order valence-electron chi connectivity index (χ2n) is 8.98. The molecule has 0 aromatic heterocycles. The van der Waals surface area contributed by atoms with Crippen molar-refractivity contribution >= 4 is 5.97 Å². The van der Waals surface area contributed by atoms with Gasteiger partial charge in [-0.15, -0.1) is 0 Å². The summed E-state index contributed by atoms with van der Waals surface area (Å²) in [5.41, 5.74) is 0.486. The molecule has 1 rings (SSSR count). The van der Waals surface area contributed by atoms with Crippen molar-refractivity contribution in [3.05, 3.63) is 24.3 Å². The van der Waals surface area contributed by atoms with Crippen molar-refractivity contribution in [2.24, 2.45) is 0 Å². The van der Waals surface area contributed by atoms with Gasteiger partial charge in [0.05, 0.1) is 6.61 Å². The fourth-order valence-corrected chi connectivity index (χ4v) is 3.70. The van der Waals surface area contributed by atoms with Gasteiger partial charge < -0.3 is 4.74 Å². The van der Waals surface area contributed by atoms with Crippen molar-refractivity contribution in [3.8, 4) is 0 Å². The molecule has 0 aromatic carbocycles. The molecule has 0 spiro atoms. The summed E-state index contributed by atoms with van der Waals surface area (Å²) in [6.45, 7) is 8.06. The molecule has 0 aromatic rings. The number of esters is 1. The molecule has 0 amide bonds. The molecule has 0 bridgehead atoms. The molecule has 0 unspecified atom stereocenters. The van der Waals surface area contributed by atoms with E-state index < -0.39 is 0 Å². The standard InChI is InChI=1S/C22H40O2.C6H12/c1-4-5-6-7-8-9-10-11-12-13-14-15-16-17-18-19-20-24-22(23)21(2)3;1-2-4-6-5-3-1/h11-12H,2,4-10,13-20H2,1,3H3;1-6H2/b12-11-;. The summed E-state index contributed by atoms with van der Waals surface area (Å²) < 4.78 is 5.07. The largest absolute Gasteiger partial charge is 0.462 e. The van der Waals surface area contributed by atoms with Crippen LogP contribution in [0, 0.1) is 0 Å². The van der Waals surface area contributed by atoms with E-state index in [2.05, 4.69) is 25.7 Å². The summed E-state index contributed by atoms with van der Waals surface area (Å²) in [6.07, 6.45) is 31.8. The van der Waals surface area contributed by atoms with Gasteiger partial charge >= 0.3 is 5.97 Å². The van der Waals surface area contributed by atoms with Gasteiger partial charge in [0, 0.05) is 5.57 Å². The van der Waals surface area contributed by atoms with Crippen LogP contribution in [0.3, 0.4) is 0 Å². The minimum atomic E-state index is -0.261. The molecule has 0 atom stereocenters. The van der Waals surface area contributed by atoms with Gasteiger partial charge in [0.2, 0.25) is 0 Å². The zero-order valence-electron chi connectivity index (χ0n) is 20.5. The molecule has 0 N–H and O–H groups in total. The van der Waals surface area contributed by atoms with Crippen LogP contribution < -0.4 is 0 Å². The average Bonchev–Trinajstić information content (AvgIpc) is 2.77. The Labute approximate surface area is 188 Å². The molecule has 2 nitrogen and oxygen atoms in total. The number of ether oxygens (including phenoxy) is 1. The van der Waals surface area contributed by atoms with Gasteiger partial charge in [0.1, 0.15) is 0 Å². The van der Waals surface area contributed by atoms with Gasteiger partial charge in [-0.05, 0) is 39.0 Å². The van der Waals surface area contributed by atoms with E-state index in [0.717, 1.165) is 12.8 Å². The number of allylic oxidation sites excluding steroid dienone is 2. The Kier molecular flexibility index (Phi) is 23.4. The van der Waals surface area contributed by atoms with Gasteiger partial charge in [-0.1, -0.05) is 122 Å². The van der Waals surface area contributed by atoms with E-state index in [9.17, 15) is 4.79 Å². The summed E-state index contributed by atoms with van der Waals surface area (Å²) >= 11 is 0. The van der Waals surface area contributed by atoms with E-state index in [0.29, 0.717) is 12.2 Å². The van der Waals surface area contributed by atoms with Gasteiger partial charge in [-0.3, -0.25) is 0 Å². The van der Waals surface area contributed by atoms with Crippen molar-refractivity contribution in [2.75, 3.05) is 6.61 Å². The topological polar surface area (TPSA) is 26.3 Å². The third-order valence-electron chi connectivity index (χ3n) is 5.74. The second-order valence-corrected chi connectivity index (χ2v) is 8.98. The first-order valence-electron chi connectivity index (χ1n) is 13.2. The Morgan fingerprint density at radius 2 is 1.10 bits per heavy atom. The normalized spacial score (nSPS) is 13.7. The van der Waals surface area contributed by atoms with Gasteiger partial charge in [0.15, 0.2) is 0 Å². The quantitative estimate of drug-likeness (QED) is 0.101. The van der Waals surface area contributed by atoms with E-state index in [-0.39, 0.29) is 5.97 Å². The predicted molar refractivity (Wildman–Crippen MR) is 133 cm³/mol. The molecule has 0 radical (unpaired) electrons. The molecule has 30 heavy (non-hydrogen) atoms. The van der Waals surface area contributed by atoms with Gasteiger partial charge in [-0.2, -0.15) is 0 Å². The lowest BCUT2D eigenvalue weighted by molar-refractivity contribution is -0.139. The molecule has 1 aliphatic carbocycles. The molecule has 0 heterocycles. The average molecular weight is 421 g/mol. The Morgan fingerprint density at radius 3 is 1.53 bits per heavy atom. The molecule has 0 saturated heterocycles. The molecule has 176 valence electrons. The Hall–Kier alpha value is -1.05. The van der Waals surface area contributed by atoms with Crippen LogP contribution in [0.1, 0.15) is 142 Å². The Balaban J connectivity index is 0.00000118. The van der Waals surface area contributed by atoms with E-state index in [1.54, 1.807) is 6.92 Å². The molecular weight excluding hydrogens is 368 g/mol. The van der Waals surface area contributed by atoms with Crippen molar-refractivity contribution in [1.82, 2.24) is 0 Å². The first-order valence-corrected chi connectivity index (χ1v) is 13.2. The van der Waals surface area contributed by atoms with Crippen LogP contribution in [0.4, 0.5) is 0 Å². The smallest absolute Gasteiger partial charge is 0.333 e. The molecule has 1 saturated carbocycles. The Morgan fingerprint density at radius 1 is 0.700 bits per heavy atom. The van der Waals surface area contributed by atoms with E-state index >= 15 is 0 Å². The number of rotatable bonds is 17. The third-order valence-corrected chi connectivity index (χ3v) is 5.74. The zero-order chi connectivity index (χ0) is 22.1. The maximum absolute atomic E-state index is 11.2. The summed E-state index contributed by atoms with van der Waals surface area (Å²) in [5, 5.41) is 0. The van der Waals surface area contributed by atoms with Crippen LogP contribution in [-0.4, -0.2) is 12.6 Å². The van der Waals surface area contributed by atoms with E-state index in [1.165, 1.54) is 116 Å². The molecule has 1 aliphatic rings. The lowest BCUT2D eigenvalue weighted by Crippen LogP contribution is -2.05. The minimum absolute atomic E-state index is 0.261. The van der Waals surface area contributed by atoms with Crippen LogP contribution in [0.15, 0.2) is 24.3 Å². The van der Waals surface area contributed by atoms with Crippen molar-refractivity contribution in [1.29, 1.82) is 0 Å². The van der Waals surface area contributed by atoms with Crippen molar-refractivity contribution < 1.29 is 9.53 Å². The predicted octanol–water partition coefficient (Wildman–Crippen LogP) is 9.48. The van der Waals surface area contributed by atoms with Crippen LogP contribution in [0.25, 0.3) is 0 Å². The van der Waals surface area contributed by atoms with Crippen molar-refractivity contribution in [3.63, 3.8) is 0 Å². The van der Waals surface area contributed by atoms with Crippen LogP contribution in [-0.2, 0) is 9.53 Å². The second kappa shape index (κ2) is 24.2. The van der Waals surface area contributed by atoms with Gasteiger partial charge in [0.25, 0.3) is 0 Å². The van der Waals surface area contributed by atoms with E-state index in [1.807, 2.05) is 0 Å². The minimum Gasteiger partial charge on any atom is -0.462 e. The highest BCUT2D eigenvalue weighted by atomic mass is 16.5. The lowest BCUT2D eigenvalue weighted by Gasteiger charge is -2.05. The summed E-state index contributed by atoms with van der Waals surface area (Å²) in [4.78, 5) is 11.2. The monoisotopic (exact) mass is 420 g/mol. The SMILES string of the molecule is C1CCCCC1.C=C(C)C(=O)OCCCCCCCC/C=C\CCCCCCCC. The summed E-state index contributed by atoms with van der Waals surface area (Å²) in [5.74, 6) is -0.261. The van der Waals surface area contributed by atoms with E-state index in [4.69, 9.17) is 4.74 Å². The molecular formula is C28H52O2. The first kappa shape index (κ1) is 28.9. The third kappa shape index (κ3) is 23.2. The lowest BCUT2D eigenvalue weighted by atomic mass is 10.0. The Bertz CT molecular complexity index is 395. The summed E-state index contributed by atoms with van der Waals surface area (Å²) in [7, 11) is 0. The highest BCUT2D eigenvalue weighted by Gasteiger charge is 2.01. The fraction of sp³-hybridized carbons (Fsp3) is 0.821.